The van der Waals surface area contributed by atoms with Crippen LogP contribution in [0.3, 0.4) is 0 Å². The molecule has 0 unspecified atom stereocenters. The SMILES string of the molecule is C[C@@H](OC(=O)c1ccc2ccccc2c1O)C(=O)Nc1ccc2c(c1)OCO2. The number of hydrogen-bond acceptors (Lipinski definition) is 6. The summed E-state index contributed by atoms with van der Waals surface area (Å²) in [7, 11) is 0. The van der Waals surface area contributed by atoms with Gasteiger partial charge in [0.15, 0.2) is 17.6 Å². The van der Waals surface area contributed by atoms with E-state index >= 15 is 0 Å². The zero-order valence-corrected chi connectivity index (χ0v) is 15.0. The second-order valence-electron chi connectivity index (χ2n) is 6.29. The van der Waals surface area contributed by atoms with Gasteiger partial charge in [-0.25, -0.2) is 4.79 Å². The summed E-state index contributed by atoms with van der Waals surface area (Å²) in [5, 5.41) is 14.4. The van der Waals surface area contributed by atoms with Crippen LogP contribution in [-0.2, 0) is 9.53 Å². The first-order chi connectivity index (χ1) is 13.5. The van der Waals surface area contributed by atoms with Gasteiger partial charge in [0.05, 0.1) is 0 Å². The van der Waals surface area contributed by atoms with Gasteiger partial charge < -0.3 is 24.6 Å². The van der Waals surface area contributed by atoms with Crippen molar-refractivity contribution in [2.24, 2.45) is 0 Å². The highest BCUT2D eigenvalue weighted by atomic mass is 16.7. The van der Waals surface area contributed by atoms with Gasteiger partial charge in [0.25, 0.3) is 5.91 Å². The Labute approximate surface area is 160 Å². The van der Waals surface area contributed by atoms with Crippen molar-refractivity contribution in [3.05, 3.63) is 60.2 Å². The minimum atomic E-state index is -1.07. The first-order valence-electron chi connectivity index (χ1n) is 8.65. The molecule has 0 spiro atoms. The summed E-state index contributed by atoms with van der Waals surface area (Å²) in [5.41, 5.74) is 0.493. The molecule has 3 aromatic rings. The van der Waals surface area contributed by atoms with E-state index in [1.165, 1.54) is 13.0 Å². The number of aromatic hydroxyl groups is 1. The molecule has 0 radical (unpaired) electrons. The maximum Gasteiger partial charge on any atom is 0.342 e. The number of ether oxygens (including phenoxy) is 3. The van der Waals surface area contributed by atoms with E-state index in [4.69, 9.17) is 14.2 Å². The van der Waals surface area contributed by atoms with Crippen LogP contribution in [0.25, 0.3) is 10.8 Å². The summed E-state index contributed by atoms with van der Waals surface area (Å²) in [6.45, 7) is 1.59. The molecule has 0 bridgehead atoms. The molecule has 28 heavy (non-hydrogen) atoms. The molecule has 0 aromatic heterocycles. The molecule has 1 aliphatic rings. The lowest BCUT2D eigenvalue weighted by Gasteiger charge is -2.15. The van der Waals surface area contributed by atoms with Gasteiger partial charge in [-0.3, -0.25) is 4.79 Å². The number of carbonyl (C=O) groups excluding carboxylic acids is 2. The van der Waals surface area contributed by atoms with Crippen LogP contribution in [0.2, 0.25) is 0 Å². The van der Waals surface area contributed by atoms with Gasteiger partial charge in [-0.15, -0.1) is 0 Å². The van der Waals surface area contributed by atoms with Crippen LogP contribution >= 0.6 is 0 Å². The Morgan fingerprint density at radius 2 is 1.86 bits per heavy atom. The summed E-state index contributed by atoms with van der Waals surface area (Å²) >= 11 is 0. The van der Waals surface area contributed by atoms with Crippen molar-refractivity contribution in [3.63, 3.8) is 0 Å². The molecule has 7 nitrogen and oxygen atoms in total. The maximum absolute atomic E-state index is 12.4. The van der Waals surface area contributed by atoms with E-state index in [-0.39, 0.29) is 18.1 Å². The van der Waals surface area contributed by atoms with E-state index in [0.29, 0.717) is 22.6 Å². The fourth-order valence-corrected chi connectivity index (χ4v) is 2.92. The van der Waals surface area contributed by atoms with Crippen molar-refractivity contribution in [2.45, 2.75) is 13.0 Å². The molecule has 1 amide bonds. The second-order valence-corrected chi connectivity index (χ2v) is 6.29. The van der Waals surface area contributed by atoms with Crippen molar-refractivity contribution < 1.29 is 28.9 Å². The number of hydrogen-bond donors (Lipinski definition) is 2. The molecule has 2 N–H and O–H groups in total. The van der Waals surface area contributed by atoms with Gasteiger partial charge in [0.2, 0.25) is 6.79 Å². The number of phenols is 1. The molecule has 142 valence electrons. The number of benzene rings is 3. The third-order valence-electron chi connectivity index (χ3n) is 4.41. The third-order valence-corrected chi connectivity index (χ3v) is 4.41. The molecule has 0 aliphatic carbocycles. The lowest BCUT2D eigenvalue weighted by molar-refractivity contribution is -0.123. The van der Waals surface area contributed by atoms with Crippen LogP contribution in [-0.4, -0.2) is 29.9 Å². The molecular formula is C21H17NO6. The molecule has 0 saturated heterocycles. The van der Waals surface area contributed by atoms with Crippen LogP contribution < -0.4 is 14.8 Å². The molecule has 1 atom stereocenters. The minimum absolute atomic E-state index is 0.00132. The topological polar surface area (TPSA) is 94.1 Å². The Morgan fingerprint density at radius 1 is 1.07 bits per heavy atom. The number of anilines is 1. The highest BCUT2D eigenvalue weighted by Crippen LogP contribution is 2.34. The van der Waals surface area contributed by atoms with E-state index in [0.717, 1.165) is 5.39 Å². The van der Waals surface area contributed by atoms with Gasteiger partial charge in [0, 0.05) is 17.1 Å². The Hall–Kier alpha value is -3.74. The summed E-state index contributed by atoms with van der Waals surface area (Å²) in [6.07, 6.45) is -1.07. The largest absolute Gasteiger partial charge is 0.506 e. The van der Waals surface area contributed by atoms with Crippen molar-refractivity contribution in [1.82, 2.24) is 0 Å². The predicted molar refractivity (Wildman–Crippen MR) is 102 cm³/mol. The molecule has 0 saturated carbocycles. The highest BCUT2D eigenvalue weighted by Gasteiger charge is 2.22. The van der Waals surface area contributed by atoms with Gasteiger partial charge >= 0.3 is 5.97 Å². The van der Waals surface area contributed by atoms with Crippen molar-refractivity contribution >= 4 is 28.3 Å². The van der Waals surface area contributed by atoms with Gasteiger partial charge in [-0.1, -0.05) is 30.3 Å². The molecule has 3 aromatic carbocycles. The Kier molecular flexibility index (Phi) is 4.49. The molecular weight excluding hydrogens is 362 g/mol. The van der Waals surface area contributed by atoms with E-state index in [1.807, 2.05) is 12.1 Å². The monoisotopic (exact) mass is 379 g/mol. The van der Waals surface area contributed by atoms with Crippen LogP contribution in [0, 0.1) is 0 Å². The maximum atomic E-state index is 12.4. The first kappa shape index (κ1) is 17.7. The van der Waals surface area contributed by atoms with Crippen LogP contribution in [0.5, 0.6) is 17.2 Å². The first-order valence-corrected chi connectivity index (χ1v) is 8.65. The number of rotatable bonds is 4. The summed E-state index contributed by atoms with van der Waals surface area (Å²) < 4.78 is 15.7. The van der Waals surface area contributed by atoms with Crippen molar-refractivity contribution in [3.8, 4) is 17.2 Å². The van der Waals surface area contributed by atoms with Gasteiger partial charge in [0.1, 0.15) is 11.3 Å². The summed E-state index contributed by atoms with van der Waals surface area (Å²) in [5.74, 6) is -0.330. The molecule has 7 heteroatoms. The molecule has 4 rings (SSSR count). The van der Waals surface area contributed by atoms with Gasteiger partial charge in [-0.05, 0) is 30.5 Å². The fourth-order valence-electron chi connectivity index (χ4n) is 2.92. The lowest BCUT2D eigenvalue weighted by atomic mass is 10.1. The average molecular weight is 379 g/mol. The van der Waals surface area contributed by atoms with Crippen LogP contribution in [0.1, 0.15) is 17.3 Å². The Morgan fingerprint density at radius 3 is 2.71 bits per heavy atom. The van der Waals surface area contributed by atoms with Gasteiger partial charge in [-0.2, -0.15) is 0 Å². The average Bonchev–Trinajstić information content (AvgIpc) is 3.16. The number of amides is 1. The van der Waals surface area contributed by atoms with Crippen molar-refractivity contribution in [2.75, 3.05) is 12.1 Å². The Bertz CT molecular complexity index is 1080. The minimum Gasteiger partial charge on any atom is -0.506 e. The van der Waals surface area contributed by atoms with Crippen LogP contribution in [0.4, 0.5) is 5.69 Å². The molecule has 1 heterocycles. The number of fused-ring (bicyclic) bond motifs is 2. The molecule has 1 aliphatic heterocycles. The highest BCUT2D eigenvalue weighted by molar-refractivity contribution is 6.02. The zero-order valence-electron chi connectivity index (χ0n) is 15.0. The summed E-state index contributed by atoms with van der Waals surface area (Å²) in [6, 6.07) is 15.3. The van der Waals surface area contributed by atoms with E-state index < -0.39 is 18.0 Å². The third kappa shape index (κ3) is 3.29. The predicted octanol–water partition coefficient (Wildman–Crippen LogP) is 3.46. The number of carbonyl (C=O) groups is 2. The van der Waals surface area contributed by atoms with E-state index in [2.05, 4.69) is 5.32 Å². The van der Waals surface area contributed by atoms with Crippen LogP contribution in [0.15, 0.2) is 54.6 Å². The van der Waals surface area contributed by atoms with E-state index in [9.17, 15) is 14.7 Å². The smallest absolute Gasteiger partial charge is 0.342 e. The molecule has 0 fully saturated rings. The summed E-state index contributed by atoms with van der Waals surface area (Å²) in [4.78, 5) is 24.8. The van der Waals surface area contributed by atoms with Crippen molar-refractivity contribution in [1.29, 1.82) is 0 Å². The van der Waals surface area contributed by atoms with E-state index in [1.54, 1.807) is 36.4 Å². The fraction of sp³-hybridized carbons (Fsp3) is 0.143. The lowest BCUT2D eigenvalue weighted by Crippen LogP contribution is -2.30. The Balaban J connectivity index is 1.45. The standard InChI is InChI=1S/C21H17NO6/c1-12(20(24)22-14-7-9-17-18(10-14)27-11-26-17)28-21(25)16-8-6-13-4-2-3-5-15(13)19(16)23/h2-10,12,23H,11H2,1H3,(H,22,24)/t12-/m1/s1. The number of esters is 1. The zero-order chi connectivity index (χ0) is 19.7. The quantitative estimate of drug-likeness (QED) is 0.674. The number of nitrogens with one attached hydrogen (secondary N) is 1. The number of phenolic OH excluding ortho intramolecular Hbond substituents is 1. The second kappa shape index (κ2) is 7.11. The normalized spacial score (nSPS) is 13.2.